The van der Waals surface area contributed by atoms with E-state index in [-0.39, 0.29) is 12.6 Å². The lowest BCUT2D eigenvalue weighted by Gasteiger charge is -2.22. The summed E-state index contributed by atoms with van der Waals surface area (Å²) < 4.78 is 2.40. The molecule has 0 amide bonds. The summed E-state index contributed by atoms with van der Waals surface area (Å²) in [5.41, 5.74) is 0.755. The van der Waals surface area contributed by atoms with Gasteiger partial charge in [-0.3, -0.25) is 0 Å². The van der Waals surface area contributed by atoms with Crippen LogP contribution >= 0.6 is 15.9 Å². The van der Waals surface area contributed by atoms with Crippen LogP contribution in [-0.4, -0.2) is 37.5 Å². The Kier molecular flexibility index (Phi) is 4.36. The molecule has 104 valence electrons. The number of aliphatic hydroxyl groups excluding tert-OH is 1. The SMILES string of the molecule is CCC(C)C(CO)Nc1ncnc2c1c(Br)nn2C. The maximum absolute atomic E-state index is 9.50. The number of halogens is 1. The first-order chi connectivity index (χ1) is 9.08. The number of fused-ring (bicyclic) bond motifs is 1. The first kappa shape index (κ1) is 14.2. The van der Waals surface area contributed by atoms with Gasteiger partial charge in [0.05, 0.1) is 18.0 Å². The molecule has 7 heteroatoms. The summed E-state index contributed by atoms with van der Waals surface area (Å²) in [6, 6.07) is -0.0322. The molecule has 0 aliphatic carbocycles. The summed E-state index contributed by atoms with van der Waals surface area (Å²) in [6.45, 7) is 4.27. The number of aliphatic hydroxyl groups is 1. The first-order valence-corrected chi connectivity index (χ1v) is 7.08. The van der Waals surface area contributed by atoms with Crippen LogP contribution in [0.2, 0.25) is 0 Å². The van der Waals surface area contributed by atoms with E-state index in [2.05, 4.69) is 50.2 Å². The summed E-state index contributed by atoms with van der Waals surface area (Å²) in [4.78, 5) is 8.49. The largest absolute Gasteiger partial charge is 0.394 e. The molecule has 0 bridgehead atoms. The van der Waals surface area contributed by atoms with Crippen LogP contribution in [0.15, 0.2) is 10.9 Å². The zero-order valence-electron chi connectivity index (χ0n) is 11.3. The van der Waals surface area contributed by atoms with E-state index in [0.717, 1.165) is 17.5 Å². The van der Waals surface area contributed by atoms with Crippen molar-refractivity contribution in [1.29, 1.82) is 0 Å². The number of hydrogen-bond donors (Lipinski definition) is 2. The zero-order valence-corrected chi connectivity index (χ0v) is 12.8. The smallest absolute Gasteiger partial charge is 0.164 e. The fourth-order valence-electron chi connectivity index (χ4n) is 1.98. The minimum Gasteiger partial charge on any atom is -0.394 e. The third-order valence-corrected chi connectivity index (χ3v) is 3.98. The van der Waals surface area contributed by atoms with Gasteiger partial charge in [-0.1, -0.05) is 20.3 Å². The molecule has 0 aromatic carbocycles. The molecule has 0 spiro atoms. The maximum atomic E-state index is 9.50. The highest BCUT2D eigenvalue weighted by Gasteiger charge is 2.19. The highest BCUT2D eigenvalue weighted by Crippen LogP contribution is 2.28. The van der Waals surface area contributed by atoms with Crippen molar-refractivity contribution in [1.82, 2.24) is 19.7 Å². The Morgan fingerprint density at radius 3 is 2.84 bits per heavy atom. The second-order valence-corrected chi connectivity index (χ2v) is 5.41. The van der Waals surface area contributed by atoms with Gasteiger partial charge in [0.15, 0.2) is 5.65 Å². The lowest BCUT2D eigenvalue weighted by molar-refractivity contribution is 0.241. The van der Waals surface area contributed by atoms with Crippen molar-refractivity contribution in [3.63, 3.8) is 0 Å². The Balaban J connectivity index is 2.40. The van der Waals surface area contributed by atoms with Gasteiger partial charge >= 0.3 is 0 Å². The minimum absolute atomic E-state index is 0.0322. The van der Waals surface area contributed by atoms with Crippen LogP contribution < -0.4 is 5.32 Å². The van der Waals surface area contributed by atoms with Gasteiger partial charge in [-0.25, -0.2) is 14.6 Å². The molecule has 0 fully saturated rings. The van der Waals surface area contributed by atoms with Crippen molar-refractivity contribution in [2.24, 2.45) is 13.0 Å². The molecule has 2 aromatic rings. The van der Waals surface area contributed by atoms with Crippen LogP contribution in [0, 0.1) is 5.92 Å². The van der Waals surface area contributed by atoms with Gasteiger partial charge in [-0.2, -0.15) is 5.10 Å². The Bertz CT molecular complexity index is 570. The number of aryl methyl sites for hydroxylation is 1. The van der Waals surface area contributed by atoms with Crippen molar-refractivity contribution >= 4 is 32.8 Å². The second kappa shape index (κ2) is 5.83. The molecular weight excluding hydrogens is 310 g/mol. The van der Waals surface area contributed by atoms with Gasteiger partial charge in [-0.05, 0) is 21.8 Å². The molecule has 2 unspecified atom stereocenters. The van der Waals surface area contributed by atoms with E-state index < -0.39 is 0 Å². The Morgan fingerprint density at radius 1 is 1.47 bits per heavy atom. The molecule has 2 aromatic heterocycles. The van der Waals surface area contributed by atoms with Crippen LogP contribution in [0.3, 0.4) is 0 Å². The minimum atomic E-state index is -0.0322. The highest BCUT2D eigenvalue weighted by atomic mass is 79.9. The number of aromatic nitrogens is 4. The Labute approximate surface area is 120 Å². The quantitative estimate of drug-likeness (QED) is 0.877. The van der Waals surface area contributed by atoms with E-state index in [1.807, 2.05) is 7.05 Å². The predicted octanol–water partition coefficient (Wildman–Crippen LogP) is 1.94. The molecule has 2 heterocycles. The fraction of sp³-hybridized carbons (Fsp3) is 0.583. The number of nitrogens with zero attached hydrogens (tertiary/aromatic N) is 4. The normalized spacial score (nSPS) is 14.6. The van der Waals surface area contributed by atoms with Gasteiger partial charge in [0.2, 0.25) is 0 Å². The maximum Gasteiger partial charge on any atom is 0.164 e. The van der Waals surface area contributed by atoms with Crippen molar-refractivity contribution in [3.05, 3.63) is 10.9 Å². The van der Waals surface area contributed by atoms with Crippen molar-refractivity contribution < 1.29 is 5.11 Å². The summed E-state index contributed by atoms with van der Waals surface area (Å²) in [7, 11) is 1.84. The van der Waals surface area contributed by atoms with Crippen molar-refractivity contribution in [2.45, 2.75) is 26.3 Å². The zero-order chi connectivity index (χ0) is 14.0. The van der Waals surface area contributed by atoms with Crippen LogP contribution in [0.4, 0.5) is 5.82 Å². The van der Waals surface area contributed by atoms with E-state index in [0.29, 0.717) is 16.3 Å². The Hall–Kier alpha value is -1.21. The van der Waals surface area contributed by atoms with Gasteiger partial charge in [0, 0.05) is 7.05 Å². The second-order valence-electron chi connectivity index (χ2n) is 4.65. The van der Waals surface area contributed by atoms with E-state index in [1.165, 1.54) is 6.33 Å². The fourth-order valence-corrected chi connectivity index (χ4v) is 2.58. The standard InChI is InChI=1S/C12H18BrN5O/c1-4-7(2)8(5-19)16-11-9-10(13)17-18(3)12(9)15-6-14-11/h6-8,19H,4-5H2,1-3H3,(H,14,15,16). The average molecular weight is 328 g/mol. The summed E-state index contributed by atoms with van der Waals surface area (Å²) in [6.07, 6.45) is 2.49. The molecule has 2 N–H and O–H groups in total. The summed E-state index contributed by atoms with van der Waals surface area (Å²) in [5.74, 6) is 1.05. The average Bonchev–Trinajstić information content (AvgIpc) is 2.71. The van der Waals surface area contributed by atoms with Gasteiger partial charge in [0.1, 0.15) is 16.7 Å². The predicted molar refractivity (Wildman–Crippen MR) is 78.0 cm³/mol. The molecule has 0 radical (unpaired) electrons. The molecule has 2 rings (SSSR count). The molecule has 0 aliphatic heterocycles. The Morgan fingerprint density at radius 2 is 2.21 bits per heavy atom. The van der Waals surface area contributed by atoms with Crippen LogP contribution in [-0.2, 0) is 7.05 Å². The number of anilines is 1. The highest BCUT2D eigenvalue weighted by molar-refractivity contribution is 9.10. The molecule has 2 atom stereocenters. The third kappa shape index (κ3) is 2.71. The first-order valence-electron chi connectivity index (χ1n) is 6.29. The monoisotopic (exact) mass is 327 g/mol. The van der Waals surface area contributed by atoms with E-state index in [4.69, 9.17) is 0 Å². The van der Waals surface area contributed by atoms with Crippen LogP contribution in [0.5, 0.6) is 0 Å². The molecule has 0 saturated carbocycles. The lowest BCUT2D eigenvalue weighted by Crippen LogP contribution is -2.31. The van der Waals surface area contributed by atoms with Crippen LogP contribution in [0.1, 0.15) is 20.3 Å². The summed E-state index contributed by atoms with van der Waals surface area (Å²) >= 11 is 3.42. The molecule has 19 heavy (non-hydrogen) atoms. The third-order valence-electron chi connectivity index (χ3n) is 3.43. The van der Waals surface area contributed by atoms with Gasteiger partial charge in [-0.15, -0.1) is 0 Å². The molecule has 0 saturated heterocycles. The number of rotatable bonds is 5. The number of hydrogen-bond acceptors (Lipinski definition) is 5. The van der Waals surface area contributed by atoms with Crippen molar-refractivity contribution in [2.75, 3.05) is 11.9 Å². The molecule has 6 nitrogen and oxygen atoms in total. The van der Waals surface area contributed by atoms with E-state index in [9.17, 15) is 5.11 Å². The molecular formula is C12H18BrN5O. The van der Waals surface area contributed by atoms with E-state index in [1.54, 1.807) is 4.68 Å². The summed E-state index contributed by atoms with van der Waals surface area (Å²) in [5, 5.41) is 17.9. The lowest BCUT2D eigenvalue weighted by atomic mass is 10.00. The van der Waals surface area contributed by atoms with Crippen LogP contribution in [0.25, 0.3) is 11.0 Å². The van der Waals surface area contributed by atoms with Gasteiger partial charge < -0.3 is 10.4 Å². The van der Waals surface area contributed by atoms with E-state index >= 15 is 0 Å². The topological polar surface area (TPSA) is 75.9 Å². The van der Waals surface area contributed by atoms with Crippen molar-refractivity contribution in [3.8, 4) is 0 Å². The molecule has 0 aliphatic rings. The van der Waals surface area contributed by atoms with Gasteiger partial charge in [0.25, 0.3) is 0 Å². The number of nitrogens with one attached hydrogen (secondary N) is 1.